The van der Waals surface area contributed by atoms with Crippen LogP contribution in [0.4, 0.5) is 0 Å². The van der Waals surface area contributed by atoms with E-state index in [9.17, 15) is 0 Å². The molecule has 2 unspecified atom stereocenters. The van der Waals surface area contributed by atoms with Crippen molar-refractivity contribution < 1.29 is 4.74 Å². The van der Waals surface area contributed by atoms with E-state index in [0.29, 0.717) is 6.54 Å². The molecule has 2 N–H and O–H groups in total. The van der Waals surface area contributed by atoms with Crippen molar-refractivity contribution in [2.24, 2.45) is 11.7 Å². The fourth-order valence-electron chi connectivity index (χ4n) is 3.07. The number of hydrogen-bond acceptors (Lipinski definition) is 3. The van der Waals surface area contributed by atoms with Crippen molar-refractivity contribution in [1.29, 1.82) is 0 Å². The summed E-state index contributed by atoms with van der Waals surface area (Å²) < 4.78 is 5.77. The van der Waals surface area contributed by atoms with Gasteiger partial charge in [0.1, 0.15) is 0 Å². The quantitative estimate of drug-likeness (QED) is 0.744. The zero-order valence-electron chi connectivity index (χ0n) is 12.0. The minimum Gasteiger partial charge on any atom is -0.376 e. The van der Waals surface area contributed by atoms with Crippen LogP contribution in [0.3, 0.4) is 0 Å². The van der Waals surface area contributed by atoms with Crippen LogP contribution in [0.2, 0.25) is 0 Å². The van der Waals surface area contributed by atoms with E-state index >= 15 is 0 Å². The molecule has 0 aromatic heterocycles. The topological polar surface area (TPSA) is 38.5 Å². The molecule has 3 nitrogen and oxygen atoms in total. The summed E-state index contributed by atoms with van der Waals surface area (Å²) in [4.78, 5) is 2.57. The van der Waals surface area contributed by atoms with Gasteiger partial charge in [-0.1, -0.05) is 33.6 Å². The van der Waals surface area contributed by atoms with Crippen LogP contribution in [0, 0.1) is 5.92 Å². The summed E-state index contributed by atoms with van der Waals surface area (Å²) in [5.74, 6) is 0.783. The second-order valence-corrected chi connectivity index (χ2v) is 5.29. The number of likely N-dealkylation sites (N-methyl/N-ethyl adjacent to an activating group) is 1. The lowest BCUT2D eigenvalue weighted by Crippen LogP contribution is -2.59. The predicted molar refractivity (Wildman–Crippen MR) is 73.1 cm³/mol. The maximum Gasteiger partial charge on any atom is 0.0743 e. The molecule has 1 fully saturated rings. The number of nitrogens with two attached hydrogens (primary N) is 1. The van der Waals surface area contributed by atoms with Crippen molar-refractivity contribution in [3.8, 4) is 0 Å². The average Bonchev–Trinajstić information content (AvgIpc) is 2.73. The summed E-state index contributed by atoms with van der Waals surface area (Å²) in [6.07, 6.45) is 3.85. The Morgan fingerprint density at radius 2 is 2.00 bits per heavy atom. The highest BCUT2D eigenvalue weighted by molar-refractivity contribution is 5.00. The Balaban J connectivity index is 2.76. The van der Waals surface area contributed by atoms with Crippen LogP contribution in [0.25, 0.3) is 0 Å². The normalized spacial score (nSPS) is 29.5. The lowest BCUT2D eigenvalue weighted by Gasteiger charge is -2.43. The van der Waals surface area contributed by atoms with Gasteiger partial charge in [0, 0.05) is 19.7 Å². The third-order valence-electron chi connectivity index (χ3n) is 4.66. The van der Waals surface area contributed by atoms with E-state index in [0.717, 1.165) is 32.0 Å². The van der Waals surface area contributed by atoms with Crippen LogP contribution >= 0.6 is 0 Å². The second-order valence-electron chi connectivity index (χ2n) is 5.29. The van der Waals surface area contributed by atoms with Gasteiger partial charge in [-0.2, -0.15) is 0 Å². The summed E-state index contributed by atoms with van der Waals surface area (Å²) in [5, 5.41) is 0. The van der Waals surface area contributed by atoms with E-state index in [4.69, 9.17) is 10.5 Å². The van der Waals surface area contributed by atoms with Gasteiger partial charge < -0.3 is 10.5 Å². The van der Waals surface area contributed by atoms with Crippen LogP contribution in [-0.4, -0.2) is 42.8 Å². The zero-order chi connectivity index (χ0) is 12.9. The van der Waals surface area contributed by atoms with Crippen molar-refractivity contribution >= 4 is 0 Å². The summed E-state index contributed by atoms with van der Waals surface area (Å²) in [6.45, 7) is 12.8. The molecular formula is C14H30N2O. The molecule has 0 bridgehead atoms. The van der Waals surface area contributed by atoms with Gasteiger partial charge in [0.25, 0.3) is 0 Å². The molecule has 0 aromatic rings. The summed E-state index contributed by atoms with van der Waals surface area (Å²) in [6, 6.07) is 0. The first-order chi connectivity index (χ1) is 8.14. The van der Waals surface area contributed by atoms with Crippen molar-refractivity contribution in [2.45, 2.75) is 58.6 Å². The Kier molecular flexibility index (Phi) is 5.90. The minimum atomic E-state index is 0.0807. The van der Waals surface area contributed by atoms with E-state index in [1.807, 2.05) is 0 Å². The van der Waals surface area contributed by atoms with Crippen LogP contribution < -0.4 is 5.73 Å². The Morgan fingerprint density at radius 1 is 1.35 bits per heavy atom. The van der Waals surface area contributed by atoms with Gasteiger partial charge in [0.2, 0.25) is 0 Å². The van der Waals surface area contributed by atoms with E-state index in [1.165, 1.54) is 12.8 Å². The highest BCUT2D eigenvalue weighted by Gasteiger charge is 2.44. The first kappa shape index (κ1) is 14.9. The van der Waals surface area contributed by atoms with Gasteiger partial charge >= 0.3 is 0 Å². The lowest BCUT2D eigenvalue weighted by molar-refractivity contribution is 0.00825. The molecule has 0 aliphatic carbocycles. The van der Waals surface area contributed by atoms with Crippen molar-refractivity contribution in [3.63, 3.8) is 0 Å². The highest BCUT2D eigenvalue weighted by Crippen LogP contribution is 2.32. The van der Waals surface area contributed by atoms with E-state index in [-0.39, 0.29) is 11.6 Å². The van der Waals surface area contributed by atoms with Gasteiger partial charge in [0.05, 0.1) is 11.6 Å². The number of ether oxygens (including phenoxy) is 1. The predicted octanol–water partition coefficient (Wildman–Crippen LogP) is 2.25. The molecule has 0 aromatic carbocycles. The molecule has 0 spiro atoms. The smallest absolute Gasteiger partial charge is 0.0743 e. The number of rotatable bonds is 7. The Hall–Kier alpha value is -0.120. The van der Waals surface area contributed by atoms with Gasteiger partial charge in [-0.3, -0.25) is 4.90 Å². The van der Waals surface area contributed by atoms with Crippen molar-refractivity contribution in [2.75, 3.05) is 26.2 Å². The Bertz CT molecular complexity index is 218. The second kappa shape index (κ2) is 6.72. The van der Waals surface area contributed by atoms with E-state index in [1.54, 1.807) is 0 Å². The van der Waals surface area contributed by atoms with Gasteiger partial charge in [-0.25, -0.2) is 0 Å². The monoisotopic (exact) mass is 242 g/mol. The molecule has 102 valence electrons. The SMILES string of the molecule is CCC(CC)CN(CC)C1(CN)CCOC1C. The molecule has 0 amide bonds. The maximum absolute atomic E-state index is 6.07. The summed E-state index contributed by atoms with van der Waals surface area (Å²) in [7, 11) is 0. The van der Waals surface area contributed by atoms with E-state index < -0.39 is 0 Å². The molecule has 2 atom stereocenters. The molecule has 0 saturated carbocycles. The first-order valence-electron chi connectivity index (χ1n) is 7.21. The highest BCUT2D eigenvalue weighted by atomic mass is 16.5. The first-order valence-corrected chi connectivity index (χ1v) is 7.21. The van der Waals surface area contributed by atoms with Crippen molar-refractivity contribution in [3.05, 3.63) is 0 Å². The molecule has 1 rings (SSSR count). The molecular weight excluding hydrogens is 212 g/mol. The molecule has 1 aliphatic rings. The van der Waals surface area contributed by atoms with Gasteiger partial charge in [-0.15, -0.1) is 0 Å². The van der Waals surface area contributed by atoms with Crippen LogP contribution in [0.15, 0.2) is 0 Å². The van der Waals surface area contributed by atoms with Crippen LogP contribution in [0.5, 0.6) is 0 Å². The fourth-order valence-corrected chi connectivity index (χ4v) is 3.07. The maximum atomic E-state index is 6.07. The Labute approximate surface area is 107 Å². The minimum absolute atomic E-state index is 0.0807. The van der Waals surface area contributed by atoms with Gasteiger partial charge in [0.15, 0.2) is 0 Å². The lowest BCUT2D eigenvalue weighted by atomic mass is 9.88. The molecule has 3 heteroatoms. The molecule has 1 aliphatic heterocycles. The summed E-state index contributed by atoms with van der Waals surface area (Å²) >= 11 is 0. The number of hydrogen-bond donors (Lipinski definition) is 1. The molecule has 1 heterocycles. The zero-order valence-corrected chi connectivity index (χ0v) is 12.0. The van der Waals surface area contributed by atoms with Crippen LogP contribution in [0.1, 0.15) is 47.0 Å². The largest absolute Gasteiger partial charge is 0.376 e. The van der Waals surface area contributed by atoms with E-state index in [2.05, 4.69) is 32.6 Å². The fraction of sp³-hybridized carbons (Fsp3) is 1.00. The van der Waals surface area contributed by atoms with Gasteiger partial charge in [-0.05, 0) is 25.8 Å². The molecule has 17 heavy (non-hydrogen) atoms. The molecule has 0 radical (unpaired) electrons. The average molecular weight is 242 g/mol. The Morgan fingerprint density at radius 3 is 2.35 bits per heavy atom. The number of nitrogens with zero attached hydrogens (tertiary/aromatic N) is 1. The van der Waals surface area contributed by atoms with Crippen LogP contribution in [-0.2, 0) is 4.74 Å². The molecule has 1 saturated heterocycles. The third kappa shape index (κ3) is 3.01. The van der Waals surface area contributed by atoms with Crippen molar-refractivity contribution in [1.82, 2.24) is 4.90 Å². The summed E-state index contributed by atoms with van der Waals surface area (Å²) in [5.41, 5.74) is 6.15. The standard InChI is InChI=1S/C14H30N2O/c1-5-13(6-2)10-16(7-3)14(11-15)8-9-17-12(14)4/h12-13H,5-11,15H2,1-4H3. The third-order valence-corrected chi connectivity index (χ3v) is 4.66.